The lowest BCUT2D eigenvalue weighted by atomic mass is 10.1. The van der Waals surface area contributed by atoms with E-state index < -0.39 is 11.7 Å². The van der Waals surface area contributed by atoms with E-state index in [1.165, 1.54) is 19.1 Å². The van der Waals surface area contributed by atoms with E-state index in [1.807, 2.05) is 13.8 Å². The molecule has 1 aromatic heterocycles. The second-order valence-electron chi connectivity index (χ2n) is 6.63. The number of hydrogen-bond acceptors (Lipinski definition) is 4. The minimum atomic E-state index is -0.525. The number of amides is 2. The first-order valence-electron chi connectivity index (χ1n) is 8.70. The molecule has 0 radical (unpaired) electrons. The average Bonchev–Trinajstić information content (AvgIpc) is 2.54. The molecule has 0 saturated carbocycles. The van der Waals surface area contributed by atoms with Gasteiger partial charge in [0.1, 0.15) is 11.3 Å². The van der Waals surface area contributed by atoms with Crippen LogP contribution in [0.4, 0.5) is 4.39 Å². The average molecular weight is 360 g/mol. The van der Waals surface area contributed by atoms with E-state index in [0.717, 1.165) is 0 Å². The fraction of sp³-hybridized carbons (Fsp3) is 0.474. The van der Waals surface area contributed by atoms with Crippen LogP contribution in [0.15, 0.2) is 12.1 Å². The fourth-order valence-corrected chi connectivity index (χ4v) is 2.80. The smallest absolute Gasteiger partial charge is 0.253 e. The van der Waals surface area contributed by atoms with E-state index in [-0.39, 0.29) is 17.5 Å². The Bertz CT molecular complexity index is 836. The zero-order chi connectivity index (χ0) is 19.4. The summed E-state index contributed by atoms with van der Waals surface area (Å²) in [4.78, 5) is 34.5. The van der Waals surface area contributed by atoms with Crippen molar-refractivity contribution in [1.29, 1.82) is 0 Å². The summed E-state index contributed by atoms with van der Waals surface area (Å²) in [6, 6.07) is 2.56. The maximum atomic E-state index is 13.9. The molecule has 0 bridgehead atoms. The van der Waals surface area contributed by atoms with Gasteiger partial charge in [0.05, 0.1) is 22.5 Å². The van der Waals surface area contributed by atoms with Crippen molar-refractivity contribution in [1.82, 2.24) is 20.2 Å². The molecular formula is C19H25FN4O2. The highest BCUT2D eigenvalue weighted by atomic mass is 19.1. The van der Waals surface area contributed by atoms with E-state index in [4.69, 9.17) is 0 Å². The zero-order valence-electron chi connectivity index (χ0n) is 15.9. The van der Waals surface area contributed by atoms with Crippen molar-refractivity contribution in [2.45, 2.75) is 47.1 Å². The number of aryl methyl sites for hydroxylation is 2. The lowest BCUT2D eigenvalue weighted by molar-refractivity contribution is -0.130. The predicted octanol–water partition coefficient (Wildman–Crippen LogP) is 2.76. The van der Waals surface area contributed by atoms with E-state index in [2.05, 4.69) is 15.3 Å². The monoisotopic (exact) mass is 360 g/mol. The van der Waals surface area contributed by atoms with Crippen molar-refractivity contribution in [3.8, 4) is 0 Å². The van der Waals surface area contributed by atoms with E-state index in [9.17, 15) is 14.0 Å². The Morgan fingerprint density at radius 1 is 1.19 bits per heavy atom. The van der Waals surface area contributed by atoms with Crippen molar-refractivity contribution >= 4 is 22.8 Å². The molecule has 0 unspecified atom stereocenters. The number of carbonyl (C=O) groups excluding carboxylic acids is 2. The summed E-state index contributed by atoms with van der Waals surface area (Å²) in [6.07, 6.45) is 0.612. The van der Waals surface area contributed by atoms with E-state index in [1.54, 1.807) is 18.7 Å². The number of hydrogen-bond donors (Lipinski definition) is 1. The predicted molar refractivity (Wildman–Crippen MR) is 98.4 cm³/mol. The molecule has 0 fully saturated rings. The van der Waals surface area contributed by atoms with Gasteiger partial charge in [-0.25, -0.2) is 14.4 Å². The molecule has 0 aliphatic carbocycles. The minimum Gasteiger partial charge on any atom is -0.352 e. The van der Waals surface area contributed by atoms with E-state index in [0.29, 0.717) is 41.9 Å². The van der Waals surface area contributed by atoms with Crippen LogP contribution in [0, 0.1) is 19.7 Å². The van der Waals surface area contributed by atoms with Crippen LogP contribution >= 0.6 is 0 Å². The number of fused-ring (bicyclic) bond motifs is 1. The van der Waals surface area contributed by atoms with Crippen LogP contribution in [0.3, 0.4) is 0 Å². The molecule has 1 N–H and O–H groups in total. The van der Waals surface area contributed by atoms with Gasteiger partial charge in [-0.05, 0) is 40.2 Å². The number of carbonyl (C=O) groups is 2. The van der Waals surface area contributed by atoms with Gasteiger partial charge in [0.2, 0.25) is 5.91 Å². The van der Waals surface area contributed by atoms with Crippen LogP contribution in [0.2, 0.25) is 0 Å². The van der Waals surface area contributed by atoms with Crippen molar-refractivity contribution < 1.29 is 14.0 Å². The third-order valence-corrected chi connectivity index (χ3v) is 4.28. The van der Waals surface area contributed by atoms with Gasteiger partial charge in [-0.2, -0.15) is 0 Å². The Labute approximate surface area is 152 Å². The molecule has 6 nitrogen and oxygen atoms in total. The maximum absolute atomic E-state index is 13.9. The molecule has 140 valence electrons. The van der Waals surface area contributed by atoms with Gasteiger partial charge in [-0.3, -0.25) is 9.59 Å². The van der Waals surface area contributed by atoms with Crippen LogP contribution in [0.5, 0.6) is 0 Å². The molecule has 0 aliphatic rings. The number of halogens is 1. The van der Waals surface area contributed by atoms with Gasteiger partial charge in [0.15, 0.2) is 0 Å². The van der Waals surface area contributed by atoms with Gasteiger partial charge >= 0.3 is 0 Å². The number of nitrogens with zero attached hydrogens (tertiary/aromatic N) is 3. The minimum absolute atomic E-state index is 0.00331. The molecule has 1 aromatic carbocycles. The first-order valence-corrected chi connectivity index (χ1v) is 8.70. The first-order chi connectivity index (χ1) is 12.2. The van der Waals surface area contributed by atoms with Gasteiger partial charge in [-0.1, -0.05) is 0 Å². The molecule has 1 heterocycles. The molecule has 0 spiro atoms. The Morgan fingerprint density at radius 3 is 2.46 bits per heavy atom. The van der Waals surface area contributed by atoms with E-state index >= 15 is 0 Å². The van der Waals surface area contributed by atoms with Crippen molar-refractivity contribution in [3.05, 3.63) is 34.9 Å². The van der Waals surface area contributed by atoms with Crippen LogP contribution < -0.4 is 5.32 Å². The third-order valence-electron chi connectivity index (χ3n) is 4.28. The van der Waals surface area contributed by atoms with Gasteiger partial charge < -0.3 is 10.2 Å². The van der Waals surface area contributed by atoms with Crippen molar-refractivity contribution in [2.75, 3.05) is 13.1 Å². The Morgan fingerprint density at radius 2 is 1.85 bits per heavy atom. The van der Waals surface area contributed by atoms with Gasteiger partial charge in [0.25, 0.3) is 5.91 Å². The topological polar surface area (TPSA) is 75.2 Å². The molecule has 2 rings (SSSR count). The molecule has 2 aromatic rings. The summed E-state index contributed by atoms with van der Waals surface area (Å²) in [6.45, 7) is 9.95. The summed E-state index contributed by atoms with van der Waals surface area (Å²) in [5, 5.41) is 2.77. The first kappa shape index (κ1) is 19.8. The molecule has 0 saturated heterocycles. The summed E-state index contributed by atoms with van der Waals surface area (Å²) < 4.78 is 13.9. The van der Waals surface area contributed by atoms with Gasteiger partial charge in [0, 0.05) is 32.1 Å². The second kappa shape index (κ2) is 8.21. The van der Waals surface area contributed by atoms with Crippen molar-refractivity contribution in [3.63, 3.8) is 0 Å². The molecular weight excluding hydrogens is 335 g/mol. The summed E-state index contributed by atoms with van der Waals surface area (Å²) in [5.74, 6) is -0.919. The Hall–Kier alpha value is -2.57. The molecule has 2 amide bonds. The quantitative estimate of drug-likeness (QED) is 0.804. The highest BCUT2D eigenvalue weighted by Crippen LogP contribution is 2.19. The largest absolute Gasteiger partial charge is 0.352 e. The number of nitrogens with one attached hydrogen (secondary N) is 1. The SMILES string of the molecule is CC(=O)N(CCCNC(=O)c1cc(F)cc2nc(C)c(C)nc12)C(C)C. The van der Waals surface area contributed by atoms with Crippen molar-refractivity contribution in [2.24, 2.45) is 0 Å². The zero-order valence-corrected chi connectivity index (χ0v) is 15.9. The molecule has 26 heavy (non-hydrogen) atoms. The van der Waals surface area contributed by atoms with Crippen LogP contribution in [0.25, 0.3) is 11.0 Å². The van der Waals surface area contributed by atoms with Crippen LogP contribution in [-0.2, 0) is 4.79 Å². The molecule has 0 atom stereocenters. The molecule has 0 aliphatic heterocycles. The lowest BCUT2D eigenvalue weighted by Gasteiger charge is -2.25. The Kier molecular flexibility index (Phi) is 6.23. The normalized spacial score (nSPS) is 11.0. The summed E-state index contributed by atoms with van der Waals surface area (Å²) >= 11 is 0. The highest BCUT2D eigenvalue weighted by molar-refractivity contribution is 6.04. The van der Waals surface area contributed by atoms with Gasteiger partial charge in [-0.15, -0.1) is 0 Å². The number of benzene rings is 1. The fourth-order valence-electron chi connectivity index (χ4n) is 2.80. The van der Waals surface area contributed by atoms with Crippen LogP contribution in [-0.4, -0.2) is 45.8 Å². The maximum Gasteiger partial charge on any atom is 0.253 e. The number of aromatic nitrogens is 2. The highest BCUT2D eigenvalue weighted by Gasteiger charge is 2.16. The third kappa shape index (κ3) is 4.53. The summed E-state index contributed by atoms with van der Waals surface area (Å²) in [7, 11) is 0. The second-order valence-corrected chi connectivity index (χ2v) is 6.63. The molecule has 7 heteroatoms. The summed E-state index contributed by atoms with van der Waals surface area (Å²) in [5.41, 5.74) is 2.32. The number of rotatable bonds is 6. The standard InChI is InChI=1S/C19H25FN4O2/c1-11(2)24(14(5)25)8-6-7-21-19(26)16-9-15(20)10-17-18(16)23-13(4)12(3)22-17/h9-11H,6-8H2,1-5H3,(H,21,26). The lowest BCUT2D eigenvalue weighted by Crippen LogP contribution is -2.37. The van der Waals surface area contributed by atoms with Crippen LogP contribution in [0.1, 0.15) is 48.9 Å². The Balaban J connectivity index is 2.10.